The molecule has 1 aromatic carbocycles. The molecule has 0 amide bonds. The predicted molar refractivity (Wildman–Crippen MR) is 76.6 cm³/mol. The van der Waals surface area contributed by atoms with Gasteiger partial charge in [0.25, 0.3) is 0 Å². The summed E-state index contributed by atoms with van der Waals surface area (Å²) in [6, 6.07) is 8.29. The summed E-state index contributed by atoms with van der Waals surface area (Å²) >= 11 is 0. The third-order valence-corrected chi connectivity index (χ3v) is 4.33. The second kappa shape index (κ2) is 5.43. The van der Waals surface area contributed by atoms with Crippen LogP contribution in [0.15, 0.2) is 24.3 Å². The largest absolute Gasteiger partial charge is 0.299 e. The van der Waals surface area contributed by atoms with E-state index in [1.807, 2.05) is 12.1 Å². The van der Waals surface area contributed by atoms with Crippen molar-refractivity contribution >= 4 is 5.78 Å². The fourth-order valence-corrected chi connectivity index (χ4v) is 3.23. The van der Waals surface area contributed by atoms with Crippen LogP contribution >= 0.6 is 0 Å². The Morgan fingerprint density at radius 3 is 2.68 bits per heavy atom. The summed E-state index contributed by atoms with van der Waals surface area (Å²) < 4.78 is 0. The molecule has 0 saturated carbocycles. The van der Waals surface area contributed by atoms with E-state index in [0.717, 1.165) is 51.1 Å². The molecule has 3 heterocycles. The van der Waals surface area contributed by atoms with Crippen LogP contribution < -0.4 is 0 Å². The number of nitrogens with zero attached hydrogens (tertiary/aromatic N) is 2. The zero-order chi connectivity index (χ0) is 13.2. The monoisotopic (exact) mass is 258 g/mol. The lowest BCUT2D eigenvalue weighted by Crippen LogP contribution is -2.63. The second-order valence-electron chi connectivity index (χ2n) is 5.67. The molecule has 4 rings (SSSR count). The first-order chi connectivity index (χ1) is 9.28. The van der Waals surface area contributed by atoms with E-state index in [-0.39, 0.29) is 6.04 Å². The van der Waals surface area contributed by atoms with Gasteiger partial charge in [-0.15, -0.1) is 0 Å². The van der Waals surface area contributed by atoms with Gasteiger partial charge in [0.15, 0.2) is 5.78 Å². The highest BCUT2D eigenvalue weighted by molar-refractivity contribution is 6.00. The summed E-state index contributed by atoms with van der Waals surface area (Å²) in [4.78, 5) is 17.4. The van der Waals surface area contributed by atoms with Crippen LogP contribution in [-0.2, 0) is 6.42 Å². The van der Waals surface area contributed by atoms with Crippen molar-refractivity contribution in [1.29, 1.82) is 0 Å². The Kier molecular flexibility index (Phi) is 3.67. The van der Waals surface area contributed by atoms with Gasteiger partial charge >= 0.3 is 0 Å². The summed E-state index contributed by atoms with van der Waals surface area (Å²) in [5, 5.41) is 0. The molecule has 102 valence electrons. The van der Waals surface area contributed by atoms with Crippen molar-refractivity contribution in [3.05, 3.63) is 35.4 Å². The van der Waals surface area contributed by atoms with Crippen molar-refractivity contribution < 1.29 is 4.79 Å². The summed E-state index contributed by atoms with van der Waals surface area (Å²) in [6.45, 7) is 7.43. The molecule has 0 N–H and O–H groups in total. The maximum atomic E-state index is 12.7. The fourth-order valence-electron chi connectivity index (χ4n) is 3.23. The van der Waals surface area contributed by atoms with E-state index in [2.05, 4.69) is 28.9 Å². The molecule has 0 aliphatic carbocycles. The molecular weight excluding hydrogens is 236 g/mol. The van der Waals surface area contributed by atoms with Crippen molar-refractivity contribution in [2.75, 3.05) is 32.7 Å². The van der Waals surface area contributed by atoms with Crippen LogP contribution in [0.25, 0.3) is 0 Å². The Labute approximate surface area is 115 Å². The van der Waals surface area contributed by atoms with Gasteiger partial charge in [0, 0.05) is 38.3 Å². The molecule has 2 bridgehead atoms. The molecule has 3 saturated heterocycles. The molecule has 0 aromatic heterocycles. The molecular formula is C16H22N2O. The molecule has 0 radical (unpaired) electrons. The number of hydrogen-bond donors (Lipinski definition) is 0. The van der Waals surface area contributed by atoms with E-state index < -0.39 is 0 Å². The number of fused-ring (bicyclic) bond motifs is 3. The van der Waals surface area contributed by atoms with E-state index in [1.165, 1.54) is 5.56 Å². The van der Waals surface area contributed by atoms with E-state index in [4.69, 9.17) is 0 Å². The number of ketones is 1. The minimum atomic E-state index is 0.0828. The number of benzene rings is 1. The molecule has 1 atom stereocenters. The Balaban J connectivity index is 1.78. The van der Waals surface area contributed by atoms with Crippen LogP contribution in [0.4, 0.5) is 0 Å². The number of hydrogen-bond acceptors (Lipinski definition) is 3. The van der Waals surface area contributed by atoms with Crippen molar-refractivity contribution in [2.24, 2.45) is 0 Å². The molecule has 3 aliphatic heterocycles. The highest BCUT2D eigenvalue weighted by Gasteiger charge is 2.36. The lowest BCUT2D eigenvalue weighted by atomic mass is 9.96. The van der Waals surface area contributed by atoms with Gasteiger partial charge in [0.05, 0.1) is 6.04 Å². The second-order valence-corrected chi connectivity index (χ2v) is 5.67. The minimum absolute atomic E-state index is 0.0828. The van der Waals surface area contributed by atoms with Gasteiger partial charge in [0.1, 0.15) is 0 Å². The maximum absolute atomic E-state index is 12.7. The van der Waals surface area contributed by atoms with Crippen LogP contribution in [-0.4, -0.2) is 54.3 Å². The summed E-state index contributed by atoms with van der Waals surface area (Å²) in [5.74, 6) is 0.308. The van der Waals surface area contributed by atoms with Crippen LogP contribution in [0.1, 0.15) is 29.3 Å². The third-order valence-electron chi connectivity index (χ3n) is 4.33. The molecule has 1 unspecified atom stereocenters. The van der Waals surface area contributed by atoms with Crippen molar-refractivity contribution in [2.45, 2.75) is 25.8 Å². The average molecular weight is 258 g/mol. The lowest BCUT2D eigenvalue weighted by molar-refractivity contribution is 0.0159. The first kappa shape index (κ1) is 12.8. The number of carbonyl (C=O) groups excluding carboxylic acids is 1. The number of Topliss-reactive ketones (excluding diaryl/α,β-unsaturated/α-hetero) is 1. The van der Waals surface area contributed by atoms with E-state index in [9.17, 15) is 4.79 Å². The van der Waals surface area contributed by atoms with Crippen LogP contribution in [0.2, 0.25) is 0 Å². The molecule has 3 nitrogen and oxygen atoms in total. The van der Waals surface area contributed by atoms with Crippen molar-refractivity contribution in [3.8, 4) is 0 Å². The van der Waals surface area contributed by atoms with E-state index in [1.54, 1.807) is 0 Å². The first-order valence-electron chi connectivity index (χ1n) is 7.37. The Hall–Kier alpha value is -1.19. The molecule has 3 fully saturated rings. The quantitative estimate of drug-likeness (QED) is 0.770. The number of rotatable bonds is 4. The van der Waals surface area contributed by atoms with Gasteiger partial charge in [-0.05, 0) is 18.1 Å². The number of piperazine rings is 3. The summed E-state index contributed by atoms with van der Waals surface area (Å²) in [6.07, 6.45) is 2.18. The topological polar surface area (TPSA) is 23.6 Å². The van der Waals surface area contributed by atoms with Gasteiger partial charge in [-0.2, -0.15) is 0 Å². The summed E-state index contributed by atoms with van der Waals surface area (Å²) in [7, 11) is 0. The van der Waals surface area contributed by atoms with E-state index in [0.29, 0.717) is 5.78 Å². The van der Waals surface area contributed by atoms with Gasteiger partial charge in [-0.1, -0.05) is 31.5 Å². The molecule has 1 aromatic rings. The van der Waals surface area contributed by atoms with Crippen molar-refractivity contribution in [3.63, 3.8) is 0 Å². The minimum Gasteiger partial charge on any atom is -0.299 e. The van der Waals surface area contributed by atoms with Gasteiger partial charge < -0.3 is 0 Å². The van der Waals surface area contributed by atoms with Crippen LogP contribution in [0.5, 0.6) is 0 Å². The standard InChI is InChI=1S/C16H22N2O/c1-2-4-13-5-3-6-14(11-13)16(19)15-12-17-7-9-18(15)10-8-17/h3,5-6,11,15H,2,4,7-10,12H2,1H3. The average Bonchev–Trinajstić information content (AvgIpc) is 2.48. The zero-order valence-corrected chi connectivity index (χ0v) is 11.6. The first-order valence-corrected chi connectivity index (χ1v) is 7.37. The summed E-state index contributed by atoms with van der Waals surface area (Å²) in [5.41, 5.74) is 2.18. The molecule has 0 spiro atoms. The lowest BCUT2D eigenvalue weighted by Gasteiger charge is -2.46. The van der Waals surface area contributed by atoms with E-state index >= 15 is 0 Å². The van der Waals surface area contributed by atoms with Gasteiger partial charge in [0.2, 0.25) is 0 Å². The Morgan fingerprint density at radius 2 is 2.05 bits per heavy atom. The Morgan fingerprint density at radius 1 is 1.26 bits per heavy atom. The van der Waals surface area contributed by atoms with Gasteiger partial charge in [-0.3, -0.25) is 14.6 Å². The molecule has 19 heavy (non-hydrogen) atoms. The SMILES string of the molecule is CCCc1cccc(C(=O)C2CN3CCN2CC3)c1. The van der Waals surface area contributed by atoms with Gasteiger partial charge in [-0.25, -0.2) is 0 Å². The normalized spacial score (nSPS) is 29.4. The van der Waals surface area contributed by atoms with Crippen LogP contribution in [0, 0.1) is 0 Å². The number of carbonyl (C=O) groups is 1. The highest BCUT2D eigenvalue weighted by atomic mass is 16.1. The smallest absolute Gasteiger partial charge is 0.181 e. The fraction of sp³-hybridized carbons (Fsp3) is 0.562. The molecule has 3 heteroatoms. The Bertz CT molecular complexity index is 464. The van der Waals surface area contributed by atoms with Crippen molar-refractivity contribution in [1.82, 2.24) is 9.80 Å². The zero-order valence-electron chi connectivity index (χ0n) is 11.6. The predicted octanol–water partition coefficient (Wildman–Crippen LogP) is 1.82. The molecule has 3 aliphatic rings. The number of aryl methyl sites for hydroxylation is 1. The van der Waals surface area contributed by atoms with Crippen LogP contribution in [0.3, 0.4) is 0 Å². The third kappa shape index (κ3) is 2.58. The highest BCUT2D eigenvalue weighted by Crippen LogP contribution is 2.20. The maximum Gasteiger partial charge on any atom is 0.181 e.